The minimum absolute atomic E-state index is 0.149. The highest BCUT2D eigenvalue weighted by Crippen LogP contribution is 2.42. The van der Waals surface area contributed by atoms with Gasteiger partial charge in [0.25, 0.3) is 11.7 Å². The predicted molar refractivity (Wildman–Crippen MR) is 71.9 cm³/mol. The fourth-order valence-corrected chi connectivity index (χ4v) is 2.05. The molecule has 1 aromatic rings. The van der Waals surface area contributed by atoms with Crippen LogP contribution in [0.25, 0.3) is 5.57 Å². The highest BCUT2D eigenvalue weighted by atomic mass is 35.5. The van der Waals surface area contributed by atoms with E-state index in [0.29, 0.717) is 11.1 Å². The zero-order valence-electron chi connectivity index (χ0n) is 10.9. The van der Waals surface area contributed by atoms with E-state index in [9.17, 15) is 13.9 Å². The van der Waals surface area contributed by atoms with E-state index < -0.39 is 11.7 Å². The van der Waals surface area contributed by atoms with E-state index in [1.807, 2.05) is 0 Å². The molecule has 2 atom stereocenters. The molecule has 108 valence electrons. The lowest BCUT2D eigenvalue weighted by Crippen LogP contribution is -2.49. The molecule has 0 bridgehead atoms. The summed E-state index contributed by atoms with van der Waals surface area (Å²) >= 11 is 5.70. The van der Waals surface area contributed by atoms with Crippen molar-refractivity contribution in [1.82, 2.24) is 0 Å². The van der Waals surface area contributed by atoms with Crippen LogP contribution in [0.4, 0.5) is 8.78 Å². The number of methoxy groups -OCH3 is 2. The van der Waals surface area contributed by atoms with E-state index >= 15 is 0 Å². The molecule has 1 N–H and O–H groups in total. The maximum atomic E-state index is 14.5. The van der Waals surface area contributed by atoms with Crippen molar-refractivity contribution in [3.8, 4) is 5.75 Å². The summed E-state index contributed by atoms with van der Waals surface area (Å²) < 4.78 is 37.9. The van der Waals surface area contributed by atoms with E-state index in [4.69, 9.17) is 11.6 Å². The summed E-state index contributed by atoms with van der Waals surface area (Å²) in [4.78, 5) is 0. The number of hydrogen-bond donors (Lipinski definition) is 1. The summed E-state index contributed by atoms with van der Waals surface area (Å²) in [5, 5.41) is 9.73. The lowest BCUT2D eigenvalue weighted by molar-refractivity contribution is -0.260. The molecular weight excluding hydrogens is 290 g/mol. The topological polar surface area (TPSA) is 38.7 Å². The van der Waals surface area contributed by atoms with Crippen molar-refractivity contribution >= 4 is 17.2 Å². The Morgan fingerprint density at radius 1 is 1.15 bits per heavy atom. The van der Waals surface area contributed by atoms with Crippen molar-refractivity contribution in [2.75, 3.05) is 14.2 Å². The van der Waals surface area contributed by atoms with Gasteiger partial charge in [-0.15, -0.1) is 0 Å². The number of ether oxygens (including phenoxy) is 2. The maximum absolute atomic E-state index is 14.5. The van der Waals surface area contributed by atoms with E-state index in [-0.39, 0.29) is 10.8 Å². The lowest BCUT2D eigenvalue weighted by Gasteiger charge is -2.35. The molecular formula is C14H13ClF2O3. The van der Waals surface area contributed by atoms with Crippen molar-refractivity contribution in [3.63, 3.8) is 0 Å². The molecule has 0 radical (unpaired) electrons. The average molecular weight is 303 g/mol. The van der Waals surface area contributed by atoms with Crippen LogP contribution in [0.5, 0.6) is 5.75 Å². The number of aromatic hydroxyl groups is 1. The SMILES string of the molecule is COC1(F)C=CC(c2ccc(Cl)c(O)c2)=CC1(F)OC. The van der Waals surface area contributed by atoms with Crippen LogP contribution in [0.15, 0.2) is 36.4 Å². The van der Waals surface area contributed by atoms with Gasteiger partial charge in [-0.1, -0.05) is 23.7 Å². The second-order valence-corrected chi connectivity index (χ2v) is 4.70. The van der Waals surface area contributed by atoms with Crippen LogP contribution in [-0.2, 0) is 9.47 Å². The van der Waals surface area contributed by atoms with Gasteiger partial charge in [-0.2, -0.15) is 0 Å². The van der Waals surface area contributed by atoms with Gasteiger partial charge in [-0.25, -0.2) is 8.78 Å². The molecule has 2 unspecified atom stereocenters. The van der Waals surface area contributed by atoms with E-state index in [2.05, 4.69) is 9.47 Å². The Morgan fingerprint density at radius 3 is 2.35 bits per heavy atom. The van der Waals surface area contributed by atoms with E-state index in [0.717, 1.165) is 26.4 Å². The minimum atomic E-state index is -2.76. The van der Waals surface area contributed by atoms with Crippen LogP contribution >= 0.6 is 11.6 Å². The first-order valence-corrected chi connectivity index (χ1v) is 6.12. The molecule has 0 aromatic heterocycles. The van der Waals surface area contributed by atoms with E-state index in [1.165, 1.54) is 18.2 Å². The standard InChI is InChI=1S/C14H13ClF2O3/c1-19-13(16)6-5-10(8-14(13,17)20-2)9-3-4-11(15)12(18)7-9/h3-8,18H,1-2H3. The van der Waals surface area contributed by atoms with Crippen LogP contribution in [0, 0.1) is 0 Å². The molecule has 1 aliphatic rings. The van der Waals surface area contributed by atoms with Gasteiger partial charge in [0, 0.05) is 14.2 Å². The van der Waals surface area contributed by atoms with Gasteiger partial charge in [0.2, 0.25) is 0 Å². The zero-order valence-corrected chi connectivity index (χ0v) is 11.6. The molecule has 0 saturated heterocycles. The van der Waals surface area contributed by atoms with Crippen LogP contribution in [0.3, 0.4) is 0 Å². The summed E-state index contributed by atoms with van der Waals surface area (Å²) in [6, 6.07) is 4.39. The lowest BCUT2D eigenvalue weighted by atomic mass is 9.93. The molecule has 1 aromatic carbocycles. The largest absolute Gasteiger partial charge is 0.506 e. The summed E-state index contributed by atoms with van der Waals surface area (Å²) in [5.74, 6) is -5.62. The molecule has 2 rings (SSSR count). The third-order valence-corrected chi connectivity index (χ3v) is 3.48. The number of allylic oxidation sites excluding steroid dienone is 2. The Labute approximate surface area is 120 Å². The third kappa shape index (κ3) is 2.32. The number of alkyl halides is 2. The predicted octanol–water partition coefficient (Wildman–Crippen LogP) is 3.62. The Kier molecular flexibility index (Phi) is 3.86. The molecule has 0 heterocycles. The number of rotatable bonds is 3. The molecule has 1 aliphatic carbocycles. The Morgan fingerprint density at radius 2 is 1.80 bits per heavy atom. The fraction of sp³-hybridized carbons (Fsp3) is 0.286. The molecule has 6 heteroatoms. The molecule has 0 fully saturated rings. The molecule has 0 amide bonds. The fourth-order valence-electron chi connectivity index (χ4n) is 1.93. The van der Waals surface area contributed by atoms with Crippen molar-refractivity contribution in [2.45, 2.75) is 11.7 Å². The summed E-state index contributed by atoms with van der Waals surface area (Å²) in [5.41, 5.74) is 0.812. The van der Waals surface area contributed by atoms with Crippen molar-refractivity contribution in [2.24, 2.45) is 0 Å². The molecule has 20 heavy (non-hydrogen) atoms. The second-order valence-electron chi connectivity index (χ2n) is 4.30. The van der Waals surface area contributed by atoms with Crippen molar-refractivity contribution < 1.29 is 23.4 Å². The zero-order chi connectivity index (χ0) is 15.0. The number of benzene rings is 1. The number of phenols is 1. The van der Waals surface area contributed by atoms with Crippen LogP contribution in [0.2, 0.25) is 5.02 Å². The average Bonchev–Trinajstić information content (AvgIpc) is 2.45. The Balaban J connectivity index is 2.47. The quantitative estimate of drug-likeness (QED) is 0.927. The molecule has 0 aliphatic heterocycles. The van der Waals surface area contributed by atoms with Gasteiger partial charge in [0.05, 0.1) is 5.02 Å². The normalized spacial score (nSPS) is 29.4. The first-order chi connectivity index (χ1) is 9.35. The van der Waals surface area contributed by atoms with Gasteiger partial charge >= 0.3 is 0 Å². The molecule has 0 spiro atoms. The Hall–Kier alpha value is -1.43. The van der Waals surface area contributed by atoms with Crippen LogP contribution in [-0.4, -0.2) is 31.0 Å². The van der Waals surface area contributed by atoms with Gasteiger partial charge in [0.1, 0.15) is 5.75 Å². The minimum Gasteiger partial charge on any atom is -0.506 e. The molecule has 3 nitrogen and oxygen atoms in total. The van der Waals surface area contributed by atoms with Gasteiger partial charge < -0.3 is 14.6 Å². The summed E-state index contributed by atoms with van der Waals surface area (Å²) in [7, 11) is 2.09. The number of phenolic OH excluding ortho intramolecular Hbond substituents is 1. The third-order valence-electron chi connectivity index (χ3n) is 3.16. The number of hydrogen-bond acceptors (Lipinski definition) is 3. The van der Waals surface area contributed by atoms with Crippen LogP contribution in [0.1, 0.15) is 5.56 Å². The Bertz CT molecular complexity index is 588. The van der Waals surface area contributed by atoms with Gasteiger partial charge in [0.15, 0.2) is 0 Å². The highest BCUT2D eigenvalue weighted by molar-refractivity contribution is 6.32. The molecule has 0 saturated carbocycles. The first kappa shape index (κ1) is 15.0. The van der Waals surface area contributed by atoms with E-state index in [1.54, 1.807) is 6.07 Å². The maximum Gasteiger partial charge on any atom is 0.292 e. The first-order valence-electron chi connectivity index (χ1n) is 5.74. The van der Waals surface area contributed by atoms with Crippen molar-refractivity contribution in [3.05, 3.63) is 47.0 Å². The smallest absolute Gasteiger partial charge is 0.292 e. The second kappa shape index (κ2) is 5.16. The highest BCUT2D eigenvalue weighted by Gasteiger charge is 2.54. The van der Waals surface area contributed by atoms with Crippen LogP contribution < -0.4 is 0 Å². The monoisotopic (exact) mass is 302 g/mol. The van der Waals surface area contributed by atoms with Gasteiger partial charge in [-0.3, -0.25) is 0 Å². The summed E-state index contributed by atoms with van der Waals surface area (Å²) in [6.45, 7) is 0. The summed E-state index contributed by atoms with van der Waals surface area (Å²) in [6.07, 6.45) is 3.24. The van der Waals surface area contributed by atoms with Gasteiger partial charge in [-0.05, 0) is 35.4 Å². The van der Waals surface area contributed by atoms with Crippen molar-refractivity contribution in [1.29, 1.82) is 0 Å². The number of halogens is 3.